The quantitative estimate of drug-likeness (QED) is 0.798. The van der Waals surface area contributed by atoms with Gasteiger partial charge in [0.2, 0.25) is 0 Å². The largest absolute Gasteiger partial charge is 0.493 e. The Balaban J connectivity index is 1.69. The molecule has 2 heterocycles. The van der Waals surface area contributed by atoms with E-state index in [1.54, 1.807) is 0 Å². The summed E-state index contributed by atoms with van der Waals surface area (Å²) in [6.07, 6.45) is 2.16. The van der Waals surface area contributed by atoms with Crippen molar-refractivity contribution in [2.24, 2.45) is 5.73 Å². The SMILES string of the molecule is NCc1ccc2ccn(CC3COc4ccccc43)c2c1. The molecule has 0 saturated heterocycles. The minimum absolute atomic E-state index is 0.415. The van der Waals surface area contributed by atoms with E-state index >= 15 is 0 Å². The Hall–Kier alpha value is -2.26. The maximum Gasteiger partial charge on any atom is 0.122 e. The zero-order valence-electron chi connectivity index (χ0n) is 11.8. The standard InChI is InChI=1S/C18H18N2O/c19-10-13-5-6-14-7-8-20(17(14)9-13)11-15-12-21-18-4-2-1-3-16(15)18/h1-9,15H,10-12,19H2. The van der Waals surface area contributed by atoms with Crippen molar-refractivity contribution in [3.63, 3.8) is 0 Å². The molecular formula is C18H18N2O. The second kappa shape index (κ2) is 4.93. The van der Waals surface area contributed by atoms with Crippen LogP contribution in [0.3, 0.4) is 0 Å². The van der Waals surface area contributed by atoms with Crippen LogP contribution >= 0.6 is 0 Å². The Morgan fingerprint density at radius 2 is 2.05 bits per heavy atom. The average Bonchev–Trinajstić information content (AvgIpc) is 3.12. The molecule has 1 aliphatic heterocycles. The first-order valence-electron chi connectivity index (χ1n) is 7.35. The highest BCUT2D eigenvalue weighted by molar-refractivity contribution is 5.80. The Kier molecular flexibility index (Phi) is 2.93. The highest BCUT2D eigenvalue weighted by atomic mass is 16.5. The van der Waals surface area contributed by atoms with Crippen LogP contribution in [0.25, 0.3) is 10.9 Å². The predicted octanol–water partition coefficient (Wildman–Crippen LogP) is 3.28. The van der Waals surface area contributed by atoms with E-state index in [1.807, 2.05) is 6.07 Å². The number of nitrogens with two attached hydrogens (primary N) is 1. The molecule has 2 aromatic carbocycles. The lowest BCUT2D eigenvalue weighted by atomic mass is 10.0. The van der Waals surface area contributed by atoms with Gasteiger partial charge in [0, 0.05) is 36.3 Å². The fourth-order valence-electron chi connectivity index (χ4n) is 3.13. The van der Waals surface area contributed by atoms with Gasteiger partial charge in [-0.1, -0.05) is 30.3 Å². The lowest BCUT2D eigenvalue weighted by Gasteiger charge is -2.12. The highest BCUT2D eigenvalue weighted by Gasteiger charge is 2.24. The second-order valence-electron chi connectivity index (χ2n) is 5.61. The molecule has 0 amide bonds. The molecule has 1 aliphatic rings. The summed E-state index contributed by atoms with van der Waals surface area (Å²) >= 11 is 0. The third-order valence-electron chi connectivity index (χ3n) is 4.29. The number of ether oxygens (including phenoxy) is 1. The van der Waals surface area contributed by atoms with Crippen molar-refractivity contribution < 1.29 is 4.74 Å². The molecule has 3 heteroatoms. The number of hydrogen-bond donors (Lipinski definition) is 1. The summed E-state index contributed by atoms with van der Waals surface area (Å²) in [5.41, 5.74) is 9.50. The van der Waals surface area contributed by atoms with Gasteiger partial charge in [0.25, 0.3) is 0 Å². The Morgan fingerprint density at radius 3 is 2.95 bits per heavy atom. The molecule has 1 aromatic heterocycles. The summed E-state index contributed by atoms with van der Waals surface area (Å²) in [5, 5.41) is 1.26. The minimum Gasteiger partial charge on any atom is -0.493 e. The minimum atomic E-state index is 0.415. The molecule has 106 valence electrons. The van der Waals surface area contributed by atoms with Crippen LogP contribution in [-0.4, -0.2) is 11.2 Å². The molecule has 3 aromatic rings. The van der Waals surface area contributed by atoms with E-state index in [0.717, 1.165) is 18.9 Å². The molecule has 0 radical (unpaired) electrons. The van der Waals surface area contributed by atoms with Gasteiger partial charge in [-0.25, -0.2) is 0 Å². The summed E-state index contributed by atoms with van der Waals surface area (Å²) in [6.45, 7) is 2.28. The van der Waals surface area contributed by atoms with E-state index in [0.29, 0.717) is 12.5 Å². The number of aromatic nitrogens is 1. The summed E-state index contributed by atoms with van der Waals surface area (Å²) in [6, 6.07) is 16.9. The van der Waals surface area contributed by atoms with Crippen molar-refractivity contribution in [1.82, 2.24) is 4.57 Å². The Labute approximate surface area is 123 Å². The summed E-state index contributed by atoms with van der Waals surface area (Å²) in [4.78, 5) is 0. The van der Waals surface area contributed by atoms with Gasteiger partial charge in [-0.2, -0.15) is 0 Å². The van der Waals surface area contributed by atoms with Crippen molar-refractivity contribution in [2.75, 3.05) is 6.61 Å². The number of para-hydroxylation sites is 1. The number of hydrogen-bond acceptors (Lipinski definition) is 2. The molecule has 4 rings (SSSR count). The molecule has 21 heavy (non-hydrogen) atoms. The number of benzene rings is 2. The molecule has 3 nitrogen and oxygen atoms in total. The lowest BCUT2D eigenvalue weighted by Crippen LogP contribution is -2.10. The maximum atomic E-state index is 5.78. The number of rotatable bonds is 3. The van der Waals surface area contributed by atoms with E-state index in [4.69, 9.17) is 10.5 Å². The van der Waals surface area contributed by atoms with Gasteiger partial charge in [-0.05, 0) is 29.1 Å². The summed E-state index contributed by atoms with van der Waals surface area (Å²) in [7, 11) is 0. The zero-order valence-corrected chi connectivity index (χ0v) is 11.8. The van der Waals surface area contributed by atoms with Crippen molar-refractivity contribution in [1.29, 1.82) is 0 Å². The zero-order chi connectivity index (χ0) is 14.2. The van der Waals surface area contributed by atoms with Crippen LogP contribution in [0.4, 0.5) is 0 Å². The van der Waals surface area contributed by atoms with Crippen molar-refractivity contribution >= 4 is 10.9 Å². The van der Waals surface area contributed by atoms with Crippen molar-refractivity contribution in [2.45, 2.75) is 19.0 Å². The van der Waals surface area contributed by atoms with Gasteiger partial charge < -0.3 is 15.0 Å². The first kappa shape index (κ1) is 12.5. The van der Waals surface area contributed by atoms with Crippen LogP contribution in [0.15, 0.2) is 54.7 Å². The molecule has 1 unspecified atom stereocenters. The molecule has 0 spiro atoms. The summed E-state index contributed by atoms with van der Waals surface area (Å²) in [5.74, 6) is 1.44. The molecule has 2 N–H and O–H groups in total. The van der Waals surface area contributed by atoms with E-state index in [2.05, 4.69) is 53.2 Å². The van der Waals surface area contributed by atoms with Crippen molar-refractivity contribution in [3.8, 4) is 5.75 Å². The van der Waals surface area contributed by atoms with Gasteiger partial charge in [0.15, 0.2) is 0 Å². The predicted molar refractivity (Wildman–Crippen MR) is 84.5 cm³/mol. The molecule has 0 saturated carbocycles. The van der Waals surface area contributed by atoms with E-state index in [9.17, 15) is 0 Å². The molecule has 0 fully saturated rings. The fourth-order valence-corrected chi connectivity index (χ4v) is 3.13. The lowest BCUT2D eigenvalue weighted by molar-refractivity contribution is 0.320. The average molecular weight is 278 g/mol. The maximum absolute atomic E-state index is 5.78. The molecule has 1 atom stereocenters. The van der Waals surface area contributed by atoms with Gasteiger partial charge in [-0.15, -0.1) is 0 Å². The second-order valence-corrected chi connectivity index (χ2v) is 5.61. The van der Waals surface area contributed by atoms with Crippen LogP contribution < -0.4 is 10.5 Å². The highest BCUT2D eigenvalue weighted by Crippen LogP contribution is 2.35. The Bertz CT molecular complexity index is 791. The van der Waals surface area contributed by atoms with E-state index in [1.165, 1.54) is 22.0 Å². The topological polar surface area (TPSA) is 40.2 Å². The molecule has 0 aliphatic carbocycles. The van der Waals surface area contributed by atoms with Crippen LogP contribution in [0.2, 0.25) is 0 Å². The molecular weight excluding hydrogens is 260 g/mol. The monoisotopic (exact) mass is 278 g/mol. The number of nitrogens with zero attached hydrogens (tertiary/aromatic N) is 1. The van der Waals surface area contributed by atoms with Crippen LogP contribution in [0.5, 0.6) is 5.75 Å². The third-order valence-corrected chi connectivity index (χ3v) is 4.29. The smallest absolute Gasteiger partial charge is 0.122 e. The van der Waals surface area contributed by atoms with Crippen LogP contribution in [0, 0.1) is 0 Å². The van der Waals surface area contributed by atoms with Gasteiger partial charge in [0.05, 0.1) is 6.61 Å². The van der Waals surface area contributed by atoms with E-state index in [-0.39, 0.29) is 0 Å². The first-order chi connectivity index (χ1) is 10.3. The molecule has 0 bridgehead atoms. The van der Waals surface area contributed by atoms with Crippen molar-refractivity contribution in [3.05, 3.63) is 65.9 Å². The van der Waals surface area contributed by atoms with E-state index < -0.39 is 0 Å². The van der Waals surface area contributed by atoms with Gasteiger partial charge in [-0.3, -0.25) is 0 Å². The van der Waals surface area contributed by atoms with Crippen LogP contribution in [0.1, 0.15) is 17.0 Å². The fraction of sp³-hybridized carbons (Fsp3) is 0.222. The number of fused-ring (bicyclic) bond motifs is 2. The Morgan fingerprint density at radius 1 is 1.14 bits per heavy atom. The van der Waals surface area contributed by atoms with Gasteiger partial charge in [0.1, 0.15) is 5.75 Å². The first-order valence-corrected chi connectivity index (χ1v) is 7.35. The summed E-state index contributed by atoms with van der Waals surface area (Å²) < 4.78 is 8.09. The van der Waals surface area contributed by atoms with Gasteiger partial charge >= 0.3 is 0 Å². The van der Waals surface area contributed by atoms with Crippen LogP contribution in [-0.2, 0) is 13.1 Å². The third kappa shape index (κ3) is 2.10. The normalized spacial score (nSPS) is 16.9.